The predicted octanol–water partition coefficient (Wildman–Crippen LogP) is 6.25. The lowest BCUT2D eigenvalue weighted by molar-refractivity contribution is -0.121. The van der Waals surface area contributed by atoms with Crippen LogP contribution in [0.5, 0.6) is 0 Å². The molecule has 1 unspecified atom stereocenters. The van der Waals surface area contributed by atoms with E-state index in [4.69, 9.17) is 16.3 Å². The van der Waals surface area contributed by atoms with Crippen molar-refractivity contribution in [2.45, 2.75) is 64.5 Å². The molecule has 37 heavy (non-hydrogen) atoms. The van der Waals surface area contributed by atoms with Crippen LogP contribution >= 0.6 is 11.6 Å². The number of esters is 1. The van der Waals surface area contributed by atoms with Crippen molar-refractivity contribution >= 4 is 23.4 Å². The zero-order valence-corrected chi connectivity index (χ0v) is 22.1. The lowest BCUT2D eigenvalue weighted by Crippen LogP contribution is -2.29. The minimum atomic E-state index is -0.776. The monoisotopic (exact) mass is 516 g/mol. The Balaban J connectivity index is 1.56. The molecule has 7 heteroatoms. The molecular weight excluding hydrogens is 488 g/mol. The molecule has 2 aromatic carbocycles. The molecule has 1 heterocycles. The summed E-state index contributed by atoms with van der Waals surface area (Å²) < 4.78 is 6.68. The van der Waals surface area contributed by atoms with Crippen molar-refractivity contribution < 1.29 is 14.3 Å². The number of nitrogens with zero attached hydrogens (tertiary/aromatic N) is 2. The average molecular weight is 517 g/mol. The summed E-state index contributed by atoms with van der Waals surface area (Å²) in [6, 6.07) is 15.1. The molecule has 1 aliphatic carbocycles. The Bertz CT molecular complexity index is 1450. The molecule has 1 aromatic heterocycles. The molecule has 0 saturated heterocycles. The van der Waals surface area contributed by atoms with Gasteiger partial charge in [0.05, 0.1) is 17.2 Å². The van der Waals surface area contributed by atoms with E-state index in [9.17, 15) is 19.6 Å². The number of Topliss-reactive ketones (excluding diaryl/α,β-unsaturated/α-hetero) is 1. The van der Waals surface area contributed by atoms with Gasteiger partial charge in [-0.2, -0.15) is 5.26 Å². The van der Waals surface area contributed by atoms with Crippen molar-refractivity contribution in [3.05, 3.63) is 92.4 Å². The van der Waals surface area contributed by atoms with Crippen LogP contribution in [0, 0.1) is 11.3 Å². The number of aromatic nitrogens is 1. The molecular formula is C30H29ClN2O4. The van der Waals surface area contributed by atoms with Crippen molar-refractivity contribution in [2.75, 3.05) is 0 Å². The molecule has 0 spiro atoms. The number of rotatable bonds is 7. The lowest BCUT2D eigenvalue weighted by Gasteiger charge is -2.19. The van der Waals surface area contributed by atoms with Crippen LogP contribution in [0.25, 0.3) is 11.1 Å². The number of benzene rings is 2. The van der Waals surface area contributed by atoms with Gasteiger partial charge in [-0.05, 0) is 87.4 Å². The van der Waals surface area contributed by atoms with Crippen LogP contribution in [0.1, 0.15) is 79.5 Å². The second-order valence-corrected chi connectivity index (χ2v) is 10.9. The number of carbonyl (C=O) groups is 2. The normalized spacial score (nSPS) is 14.1. The molecule has 4 rings (SSSR count). The van der Waals surface area contributed by atoms with Gasteiger partial charge in [0, 0.05) is 29.3 Å². The van der Waals surface area contributed by atoms with Crippen LogP contribution in [-0.4, -0.2) is 21.9 Å². The zero-order valence-electron chi connectivity index (χ0n) is 21.4. The molecule has 0 aliphatic heterocycles. The lowest BCUT2D eigenvalue weighted by atomic mass is 9.94. The van der Waals surface area contributed by atoms with E-state index in [1.54, 1.807) is 58.0 Å². The molecule has 190 valence electrons. The number of ether oxygens (including phenoxy) is 1. The van der Waals surface area contributed by atoms with Gasteiger partial charge in [0.15, 0.2) is 5.78 Å². The van der Waals surface area contributed by atoms with Crippen LogP contribution in [-0.2, 0) is 16.0 Å². The number of hydrogen-bond acceptors (Lipinski definition) is 5. The van der Waals surface area contributed by atoms with Crippen molar-refractivity contribution in [1.82, 2.24) is 4.57 Å². The topological polar surface area (TPSA) is 89.2 Å². The molecule has 3 aromatic rings. The summed E-state index contributed by atoms with van der Waals surface area (Å²) in [6.07, 6.45) is 3.67. The summed E-state index contributed by atoms with van der Waals surface area (Å²) in [5.41, 5.74) is 2.86. The maximum Gasteiger partial charge on any atom is 0.338 e. The Morgan fingerprint density at radius 3 is 2.38 bits per heavy atom. The molecule has 0 radical (unpaired) electrons. The summed E-state index contributed by atoms with van der Waals surface area (Å²) in [7, 11) is 0. The van der Waals surface area contributed by atoms with Gasteiger partial charge in [-0.25, -0.2) is 4.79 Å². The van der Waals surface area contributed by atoms with Gasteiger partial charge in [0.25, 0.3) is 5.56 Å². The summed E-state index contributed by atoms with van der Waals surface area (Å²) in [5, 5.41) is 10.4. The van der Waals surface area contributed by atoms with Gasteiger partial charge < -0.3 is 9.30 Å². The highest BCUT2D eigenvalue weighted by molar-refractivity contribution is 6.30. The number of carbonyl (C=O) groups excluding carboxylic acids is 2. The van der Waals surface area contributed by atoms with E-state index in [1.165, 1.54) is 16.8 Å². The summed E-state index contributed by atoms with van der Waals surface area (Å²) in [4.78, 5) is 38.4. The molecule has 0 amide bonds. The standard InChI is InChI=1S/C30H29ClN2O4/c1-18(27(34)13-19-5-7-21(8-6-19)29(36)37-30(2,3)4)33-17-22(16-32)25(15-28(33)35)26-14-23(31)11-12-24(26)20-9-10-20/h5-8,11-12,14-15,17-18,20H,9-10,13H2,1-4H3. The largest absolute Gasteiger partial charge is 0.456 e. The van der Waals surface area contributed by atoms with E-state index in [0.717, 1.165) is 24.0 Å². The summed E-state index contributed by atoms with van der Waals surface area (Å²) in [6.45, 7) is 7.04. The third kappa shape index (κ3) is 6.18. The smallest absolute Gasteiger partial charge is 0.338 e. The third-order valence-corrected chi connectivity index (χ3v) is 6.61. The van der Waals surface area contributed by atoms with Crippen LogP contribution in [0.3, 0.4) is 0 Å². The fraction of sp³-hybridized carbons (Fsp3) is 0.333. The van der Waals surface area contributed by atoms with Crippen molar-refractivity contribution in [2.24, 2.45) is 0 Å². The summed E-state index contributed by atoms with van der Waals surface area (Å²) in [5.74, 6) is -0.215. The van der Waals surface area contributed by atoms with E-state index in [-0.39, 0.29) is 17.8 Å². The van der Waals surface area contributed by atoms with E-state index in [2.05, 4.69) is 6.07 Å². The fourth-order valence-electron chi connectivity index (χ4n) is 4.27. The molecule has 1 saturated carbocycles. The maximum atomic E-state index is 13.1. The first kappa shape index (κ1) is 26.4. The number of pyridine rings is 1. The van der Waals surface area contributed by atoms with Gasteiger partial charge in [0.2, 0.25) is 0 Å². The highest BCUT2D eigenvalue weighted by Crippen LogP contribution is 2.45. The van der Waals surface area contributed by atoms with Gasteiger partial charge in [0.1, 0.15) is 11.7 Å². The predicted molar refractivity (Wildman–Crippen MR) is 143 cm³/mol. The Kier molecular flexibility index (Phi) is 7.38. The Morgan fingerprint density at radius 1 is 1.11 bits per heavy atom. The highest BCUT2D eigenvalue weighted by Gasteiger charge is 2.28. The third-order valence-electron chi connectivity index (χ3n) is 6.37. The number of hydrogen-bond donors (Lipinski definition) is 0. The quantitative estimate of drug-likeness (QED) is 0.346. The van der Waals surface area contributed by atoms with Crippen LogP contribution in [0.4, 0.5) is 0 Å². The molecule has 0 N–H and O–H groups in total. The molecule has 6 nitrogen and oxygen atoms in total. The van der Waals surface area contributed by atoms with Crippen LogP contribution in [0.15, 0.2) is 59.5 Å². The van der Waals surface area contributed by atoms with Gasteiger partial charge in [-0.15, -0.1) is 0 Å². The zero-order chi connectivity index (χ0) is 26.9. The molecule has 1 fully saturated rings. The van der Waals surface area contributed by atoms with Crippen LogP contribution < -0.4 is 5.56 Å². The minimum Gasteiger partial charge on any atom is -0.456 e. The van der Waals surface area contributed by atoms with Crippen molar-refractivity contribution in [3.63, 3.8) is 0 Å². The van der Waals surface area contributed by atoms with Gasteiger partial charge >= 0.3 is 5.97 Å². The molecule has 0 bridgehead atoms. The SMILES string of the molecule is CC(C(=O)Cc1ccc(C(=O)OC(C)(C)C)cc1)n1cc(C#N)c(-c2cc(Cl)ccc2C2CC2)cc1=O. The first-order valence-corrected chi connectivity index (χ1v) is 12.7. The highest BCUT2D eigenvalue weighted by atomic mass is 35.5. The van der Waals surface area contributed by atoms with Crippen LogP contribution in [0.2, 0.25) is 5.02 Å². The second kappa shape index (κ2) is 10.4. The van der Waals surface area contributed by atoms with Crippen molar-refractivity contribution in [3.8, 4) is 17.2 Å². The van der Waals surface area contributed by atoms with Crippen molar-refractivity contribution in [1.29, 1.82) is 5.26 Å². The van der Waals surface area contributed by atoms with E-state index in [0.29, 0.717) is 33.2 Å². The molecule has 1 aliphatic rings. The number of ketones is 1. The first-order chi connectivity index (χ1) is 17.5. The van der Waals surface area contributed by atoms with E-state index in [1.807, 2.05) is 12.1 Å². The van der Waals surface area contributed by atoms with E-state index < -0.39 is 17.6 Å². The maximum absolute atomic E-state index is 13.1. The molecule has 1 atom stereocenters. The first-order valence-electron chi connectivity index (χ1n) is 12.3. The van der Waals surface area contributed by atoms with E-state index >= 15 is 0 Å². The second-order valence-electron chi connectivity index (χ2n) is 10.5. The summed E-state index contributed by atoms with van der Waals surface area (Å²) >= 11 is 6.25. The Labute approximate surface area is 221 Å². The minimum absolute atomic E-state index is 0.0754. The fourth-order valence-corrected chi connectivity index (χ4v) is 4.45. The van der Waals surface area contributed by atoms with Gasteiger partial charge in [-0.3, -0.25) is 9.59 Å². The van der Waals surface area contributed by atoms with Gasteiger partial charge in [-0.1, -0.05) is 29.8 Å². The Morgan fingerprint density at radius 2 is 1.78 bits per heavy atom. The average Bonchev–Trinajstić information content (AvgIpc) is 3.68. The number of halogens is 1. The number of nitriles is 1. The Hall–Kier alpha value is -3.69.